The Labute approximate surface area is 180 Å². The zero-order valence-electron chi connectivity index (χ0n) is 18.0. The maximum Gasteiger partial charge on any atom is 0.243 e. The van der Waals surface area contributed by atoms with E-state index < -0.39 is 10.0 Å². The molecule has 6 heteroatoms. The number of carbonyl (C=O) groups is 1. The van der Waals surface area contributed by atoms with E-state index in [1.54, 1.807) is 30.3 Å². The van der Waals surface area contributed by atoms with Gasteiger partial charge in [-0.3, -0.25) is 4.79 Å². The Balaban J connectivity index is 1.53. The van der Waals surface area contributed by atoms with Crippen molar-refractivity contribution >= 4 is 15.9 Å². The summed E-state index contributed by atoms with van der Waals surface area (Å²) in [6, 6.07) is 18.9. The minimum atomic E-state index is -3.49. The summed E-state index contributed by atoms with van der Waals surface area (Å²) >= 11 is 0. The van der Waals surface area contributed by atoms with Gasteiger partial charge in [-0.05, 0) is 49.3 Å². The maximum atomic E-state index is 12.8. The SMILES string of the molecule is CC(CC(C)(C)c1ccccc1)NC(=O)C1CCN(S(=O)(=O)c2ccccc2)CC1. The molecule has 1 aliphatic rings. The average Bonchev–Trinajstić information content (AvgIpc) is 2.74. The number of hydrogen-bond donors (Lipinski definition) is 1. The van der Waals surface area contributed by atoms with E-state index in [4.69, 9.17) is 0 Å². The summed E-state index contributed by atoms with van der Waals surface area (Å²) < 4.78 is 27.0. The maximum absolute atomic E-state index is 12.8. The van der Waals surface area contributed by atoms with Gasteiger partial charge in [0.25, 0.3) is 0 Å². The summed E-state index contributed by atoms with van der Waals surface area (Å²) in [7, 11) is -3.49. The van der Waals surface area contributed by atoms with Crippen LogP contribution in [0.2, 0.25) is 0 Å². The smallest absolute Gasteiger partial charge is 0.243 e. The fourth-order valence-electron chi connectivity index (χ4n) is 4.28. The van der Waals surface area contributed by atoms with Crippen molar-refractivity contribution in [2.45, 2.75) is 56.4 Å². The Hall–Kier alpha value is -2.18. The van der Waals surface area contributed by atoms with Gasteiger partial charge in [0, 0.05) is 25.0 Å². The van der Waals surface area contributed by atoms with Gasteiger partial charge in [-0.1, -0.05) is 62.4 Å². The Morgan fingerprint density at radius 1 is 1.03 bits per heavy atom. The predicted molar refractivity (Wildman–Crippen MR) is 120 cm³/mol. The Morgan fingerprint density at radius 2 is 1.57 bits per heavy atom. The monoisotopic (exact) mass is 428 g/mol. The van der Waals surface area contributed by atoms with E-state index >= 15 is 0 Å². The molecule has 162 valence electrons. The van der Waals surface area contributed by atoms with Gasteiger partial charge in [0.05, 0.1) is 4.90 Å². The van der Waals surface area contributed by atoms with E-state index in [9.17, 15) is 13.2 Å². The second-order valence-corrected chi connectivity index (χ2v) is 10.8. The molecule has 0 radical (unpaired) electrons. The number of piperidine rings is 1. The molecule has 2 aromatic rings. The zero-order chi connectivity index (χ0) is 21.8. The van der Waals surface area contributed by atoms with Crippen molar-refractivity contribution in [1.29, 1.82) is 0 Å². The molecular formula is C24H32N2O3S. The molecule has 1 saturated heterocycles. The van der Waals surface area contributed by atoms with Crippen LogP contribution in [0.5, 0.6) is 0 Å². The first-order valence-electron chi connectivity index (χ1n) is 10.6. The molecular weight excluding hydrogens is 396 g/mol. The molecule has 1 amide bonds. The first-order chi connectivity index (χ1) is 14.2. The largest absolute Gasteiger partial charge is 0.353 e. The fraction of sp³-hybridized carbons (Fsp3) is 0.458. The van der Waals surface area contributed by atoms with Crippen molar-refractivity contribution in [2.75, 3.05) is 13.1 Å². The molecule has 0 aromatic heterocycles. The number of amides is 1. The van der Waals surface area contributed by atoms with E-state index in [1.807, 2.05) is 25.1 Å². The third-order valence-corrected chi connectivity index (χ3v) is 7.88. The van der Waals surface area contributed by atoms with Crippen LogP contribution in [0, 0.1) is 5.92 Å². The summed E-state index contributed by atoms with van der Waals surface area (Å²) in [4.78, 5) is 13.1. The topological polar surface area (TPSA) is 66.5 Å². The van der Waals surface area contributed by atoms with Crippen molar-refractivity contribution in [3.63, 3.8) is 0 Å². The molecule has 3 rings (SSSR count). The Bertz CT molecular complexity index is 935. The first kappa shape index (κ1) is 22.5. The highest BCUT2D eigenvalue weighted by Crippen LogP contribution is 2.29. The summed E-state index contributed by atoms with van der Waals surface area (Å²) in [5.41, 5.74) is 1.21. The summed E-state index contributed by atoms with van der Waals surface area (Å²) in [6.45, 7) is 7.17. The van der Waals surface area contributed by atoms with Crippen molar-refractivity contribution in [1.82, 2.24) is 9.62 Å². The third-order valence-electron chi connectivity index (χ3n) is 5.97. The lowest BCUT2D eigenvalue weighted by atomic mass is 9.79. The van der Waals surface area contributed by atoms with Crippen LogP contribution in [0.1, 0.15) is 45.6 Å². The van der Waals surface area contributed by atoms with E-state index in [1.165, 1.54) is 9.87 Å². The van der Waals surface area contributed by atoms with Gasteiger partial charge < -0.3 is 5.32 Å². The standard InChI is InChI=1S/C24H32N2O3S/c1-19(18-24(2,3)21-10-6-4-7-11-21)25-23(27)20-14-16-26(17-15-20)30(28,29)22-12-8-5-9-13-22/h4-13,19-20H,14-18H2,1-3H3,(H,25,27). The molecule has 1 N–H and O–H groups in total. The molecule has 1 heterocycles. The van der Waals surface area contributed by atoms with Crippen LogP contribution in [0.4, 0.5) is 0 Å². The van der Waals surface area contributed by atoms with Gasteiger partial charge in [0.15, 0.2) is 0 Å². The van der Waals surface area contributed by atoms with Crippen molar-refractivity contribution in [3.8, 4) is 0 Å². The number of carbonyl (C=O) groups excluding carboxylic acids is 1. The molecule has 0 spiro atoms. The number of nitrogens with one attached hydrogen (secondary N) is 1. The van der Waals surface area contributed by atoms with Crippen LogP contribution in [-0.4, -0.2) is 37.8 Å². The second-order valence-electron chi connectivity index (χ2n) is 8.86. The van der Waals surface area contributed by atoms with Gasteiger partial charge >= 0.3 is 0 Å². The summed E-state index contributed by atoms with van der Waals surface area (Å²) in [5.74, 6) is -0.113. The molecule has 30 heavy (non-hydrogen) atoms. The highest BCUT2D eigenvalue weighted by Gasteiger charge is 2.33. The molecule has 5 nitrogen and oxygen atoms in total. The third kappa shape index (κ3) is 5.29. The number of sulfonamides is 1. The van der Waals surface area contributed by atoms with E-state index in [0.717, 1.165) is 6.42 Å². The first-order valence-corrected chi connectivity index (χ1v) is 12.1. The summed E-state index contributed by atoms with van der Waals surface area (Å²) in [5, 5.41) is 3.15. The van der Waals surface area contributed by atoms with E-state index in [0.29, 0.717) is 30.8 Å². The van der Waals surface area contributed by atoms with Crippen LogP contribution in [0.3, 0.4) is 0 Å². The van der Waals surface area contributed by atoms with Crippen molar-refractivity contribution < 1.29 is 13.2 Å². The quantitative estimate of drug-likeness (QED) is 0.726. The lowest BCUT2D eigenvalue weighted by Crippen LogP contribution is -2.45. The molecule has 2 aromatic carbocycles. The molecule has 0 bridgehead atoms. The average molecular weight is 429 g/mol. The summed E-state index contributed by atoms with van der Waals surface area (Å²) in [6.07, 6.45) is 1.93. The number of hydrogen-bond acceptors (Lipinski definition) is 3. The van der Waals surface area contributed by atoms with Crippen LogP contribution in [-0.2, 0) is 20.2 Å². The van der Waals surface area contributed by atoms with Crippen LogP contribution >= 0.6 is 0 Å². The normalized spacial score (nSPS) is 17.4. The zero-order valence-corrected chi connectivity index (χ0v) is 18.9. The van der Waals surface area contributed by atoms with Crippen molar-refractivity contribution in [3.05, 3.63) is 66.2 Å². The van der Waals surface area contributed by atoms with Crippen LogP contribution in [0.15, 0.2) is 65.6 Å². The van der Waals surface area contributed by atoms with E-state index in [-0.39, 0.29) is 23.3 Å². The fourth-order valence-corrected chi connectivity index (χ4v) is 5.78. The lowest BCUT2D eigenvalue weighted by Gasteiger charge is -2.33. The molecule has 0 aliphatic carbocycles. The van der Waals surface area contributed by atoms with Crippen LogP contribution < -0.4 is 5.32 Å². The Morgan fingerprint density at radius 3 is 2.13 bits per heavy atom. The van der Waals surface area contributed by atoms with Gasteiger partial charge in [0.1, 0.15) is 0 Å². The predicted octanol–water partition coefficient (Wildman–Crippen LogP) is 3.96. The van der Waals surface area contributed by atoms with Crippen LogP contribution in [0.25, 0.3) is 0 Å². The lowest BCUT2D eigenvalue weighted by molar-refractivity contribution is -0.126. The van der Waals surface area contributed by atoms with Crippen molar-refractivity contribution in [2.24, 2.45) is 5.92 Å². The highest BCUT2D eigenvalue weighted by atomic mass is 32.2. The molecule has 1 fully saturated rings. The van der Waals surface area contributed by atoms with Gasteiger partial charge in [-0.15, -0.1) is 0 Å². The highest BCUT2D eigenvalue weighted by molar-refractivity contribution is 7.89. The number of rotatable bonds is 7. The minimum absolute atomic E-state index is 0.0307. The van der Waals surface area contributed by atoms with Gasteiger partial charge in [0.2, 0.25) is 15.9 Å². The molecule has 1 atom stereocenters. The Kier molecular flexibility index (Phi) is 6.98. The number of nitrogens with zero attached hydrogens (tertiary/aromatic N) is 1. The van der Waals surface area contributed by atoms with Gasteiger partial charge in [-0.25, -0.2) is 8.42 Å². The number of benzene rings is 2. The molecule has 1 unspecified atom stereocenters. The minimum Gasteiger partial charge on any atom is -0.353 e. The molecule has 1 aliphatic heterocycles. The van der Waals surface area contributed by atoms with E-state index in [2.05, 4.69) is 31.3 Å². The van der Waals surface area contributed by atoms with Gasteiger partial charge in [-0.2, -0.15) is 4.31 Å². The molecule has 0 saturated carbocycles. The second kappa shape index (κ2) is 9.31.